The second kappa shape index (κ2) is 4.41. The van der Waals surface area contributed by atoms with E-state index in [1.807, 2.05) is 0 Å². The summed E-state index contributed by atoms with van der Waals surface area (Å²) in [5.41, 5.74) is 0. The van der Waals surface area contributed by atoms with E-state index in [2.05, 4.69) is 12.2 Å². The first-order valence-electron chi connectivity index (χ1n) is 5.90. The second-order valence-electron chi connectivity index (χ2n) is 5.01. The maximum atomic E-state index is 12.7. The quantitative estimate of drug-likeness (QED) is 0.708. The fourth-order valence-electron chi connectivity index (χ4n) is 2.77. The topological polar surface area (TPSA) is 12.0 Å². The molecule has 1 saturated heterocycles. The summed E-state index contributed by atoms with van der Waals surface area (Å²) >= 11 is 1.70. The van der Waals surface area contributed by atoms with Gasteiger partial charge in [0.15, 0.2) is 0 Å². The summed E-state index contributed by atoms with van der Waals surface area (Å²) in [6.07, 6.45) is -0.821. The summed E-state index contributed by atoms with van der Waals surface area (Å²) in [5, 5.41) is 3.40. The van der Waals surface area contributed by atoms with Crippen molar-refractivity contribution in [3.05, 3.63) is 0 Å². The summed E-state index contributed by atoms with van der Waals surface area (Å²) in [7, 11) is 0. The fourth-order valence-corrected chi connectivity index (χ4v) is 4.53. The largest absolute Gasteiger partial charge is 0.391 e. The van der Waals surface area contributed by atoms with Gasteiger partial charge in [-0.1, -0.05) is 6.42 Å². The molecule has 2 fully saturated rings. The van der Waals surface area contributed by atoms with Gasteiger partial charge in [0.2, 0.25) is 0 Å². The molecule has 0 bridgehead atoms. The van der Waals surface area contributed by atoms with E-state index in [-0.39, 0.29) is 11.3 Å². The number of nitrogens with one attached hydrogen (secondary N) is 1. The normalized spacial score (nSPS) is 41.2. The molecular weight excluding hydrogens is 235 g/mol. The SMILES string of the molecule is CC1CCSC2(CCCC(C(F)(F)F)C2)N1. The number of thioether (sulfide) groups is 1. The third kappa shape index (κ3) is 2.67. The Morgan fingerprint density at radius 2 is 2.06 bits per heavy atom. The Labute approximate surface area is 98.5 Å². The van der Waals surface area contributed by atoms with Crippen LogP contribution in [0.1, 0.15) is 39.0 Å². The highest BCUT2D eigenvalue weighted by Crippen LogP contribution is 2.47. The average Bonchev–Trinajstić information content (AvgIpc) is 2.16. The minimum atomic E-state index is -4.02. The van der Waals surface area contributed by atoms with Gasteiger partial charge in [-0.3, -0.25) is 0 Å². The minimum absolute atomic E-state index is 0.255. The molecule has 16 heavy (non-hydrogen) atoms. The molecule has 0 aromatic heterocycles. The molecule has 0 aromatic carbocycles. The molecule has 2 rings (SSSR count). The van der Waals surface area contributed by atoms with E-state index < -0.39 is 12.1 Å². The Hall–Kier alpha value is 0.1000. The Kier molecular flexibility index (Phi) is 3.46. The highest BCUT2D eigenvalue weighted by molar-refractivity contribution is 8.00. The molecule has 0 radical (unpaired) electrons. The van der Waals surface area contributed by atoms with Crippen molar-refractivity contribution in [2.45, 2.75) is 56.1 Å². The third-order valence-electron chi connectivity index (χ3n) is 3.61. The van der Waals surface area contributed by atoms with E-state index >= 15 is 0 Å². The molecule has 1 spiro atoms. The van der Waals surface area contributed by atoms with Gasteiger partial charge in [0, 0.05) is 6.04 Å². The van der Waals surface area contributed by atoms with Crippen LogP contribution in [0.15, 0.2) is 0 Å². The second-order valence-corrected chi connectivity index (χ2v) is 6.49. The maximum absolute atomic E-state index is 12.7. The maximum Gasteiger partial charge on any atom is 0.391 e. The number of alkyl halides is 3. The molecule has 3 unspecified atom stereocenters. The van der Waals surface area contributed by atoms with Crippen molar-refractivity contribution in [1.82, 2.24) is 5.32 Å². The molecule has 3 atom stereocenters. The molecule has 94 valence electrons. The van der Waals surface area contributed by atoms with Crippen LogP contribution < -0.4 is 5.32 Å². The molecule has 2 aliphatic rings. The molecule has 1 N–H and O–H groups in total. The van der Waals surface area contributed by atoms with Crippen molar-refractivity contribution in [3.8, 4) is 0 Å². The molecule has 1 heterocycles. The summed E-state index contributed by atoms with van der Waals surface area (Å²) in [6.45, 7) is 2.07. The summed E-state index contributed by atoms with van der Waals surface area (Å²) in [4.78, 5) is -0.296. The molecule has 5 heteroatoms. The first-order valence-corrected chi connectivity index (χ1v) is 6.88. The number of hydrogen-bond donors (Lipinski definition) is 1. The first-order chi connectivity index (χ1) is 7.41. The Morgan fingerprint density at radius 3 is 2.69 bits per heavy atom. The monoisotopic (exact) mass is 253 g/mol. The lowest BCUT2D eigenvalue weighted by atomic mass is 9.84. The van der Waals surface area contributed by atoms with Crippen LogP contribution in [-0.4, -0.2) is 22.8 Å². The molecule has 0 amide bonds. The summed E-state index contributed by atoms with van der Waals surface area (Å²) in [6, 6.07) is 0.355. The lowest BCUT2D eigenvalue weighted by Gasteiger charge is -2.46. The van der Waals surface area contributed by atoms with Crippen LogP contribution in [0.5, 0.6) is 0 Å². The van der Waals surface area contributed by atoms with E-state index in [1.54, 1.807) is 11.8 Å². The van der Waals surface area contributed by atoms with E-state index in [1.165, 1.54) is 0 Å². The van der Waals surface area contributed by atoms with Gasteiger partial charge in [0.1, 0.15) is 0 Å². The van der Waals surface area contributed by atoms with Gasteiger partial charge in [-0.25, -0.2) is 0 Å². The predicted octanol–water partition coefficient (Wildman–Crippen LogP) is 3.55. The number of halogens is 3. The van der Waals surface area contributed by atoms with Crippen molar-refractivity contribution in [2.75, 3.05) is 5.75 Å². The van der Waals surface area contributed by atoms with Gasteiger partial charge in [-0.15, -0.1) is 11.8 Å². The zero-order valence-electron chi connectivity index (χ0n) is 9.44. The van der Waals surface area contributed by atoms with Crippen molar-refractivity contribution in [2.24, 2.45) is 5.92 Å². The fraction of sp³-hybridized carbons (Fsp3) is 1.00. The van der Waals surface area contributed by atoms with Crippen molar-refractivity contribution in [3.63, 3.8) is 0 Å². The predicted molar refractivity (Wildman–Crippen MR) is 60.4 cm³/mol. The van der Waals surface area contributed by atoms with Gasteiger partial charge in [0.25, 0.3) is 0 Å². The van der Waals surface area contributed by atoms with Gasteiger partial charge >= 0.3 is 6.18 Å². The Morgan fingerprint density at radius 1 is 1.31 bits per heavy atom. The van der Waals surface area contributed by atoms with Gasteiger partial charge in [-0.05, 0) is 38.4 Å². The Balaban J connectivity index is 2.05. The summed E-state index contributed by atoms with van der Waals surface area (Å²) < 4.78 is 38.2. The average molecular weight is 253 g/mol. The van der Waals surface area contributed by atoms with Crippen LogP contribution in [0.2, 0.25) is 0 Å². The lowest BCUT2D eigenvalue weighted by Crippen LogP contribution is -2.54. The zero-order chi connectivity index (χ0) is 11.8. The first kappa shape index (κ1) is 12.6. The van der Waals surface area contributed by atoms with Crippen LogP contribution in [0, 0.1) is 5.92 Å². The van der Waals surface area contributed by atoms with E-state index in [9.17, 15) is 13.2 Å². The van der Waals surface area contributed by atoms with Crippen LogP contribution in [0.4, 0.5) is 13.2 Å². The van der Waals surface area contributed by atoms with E-state index in [0.717, 1.165) is 18.6 Å². The number of rotatable bonds is 0. The smallest absolute Gasteiger partial charge is 0.300 e. The Bertz CT molecular complexity index is 252. The standard InChI is InChI=1S/C11H18F3NS/c1-8-4-6-16-10(15-8)5-2-3-9(7-10)11(12,13)14/h8-9,15H,2-7H2,1H3. The van der Waals surface area contributed by atoms with Crippen LogP contribution in [-0.2, 0) is 0 Å². The van der Waals surface area contributed by atoms with Gasteiger partial charge in [0.05, 0.1) is 10.8 Å². The van der Waals surface area contributed by atoms with Crippen molar-refractivity contribution >= 4 is 11.8 Å². The van der Waals surface area contributed by atoms with Gasteiger partial charge in [-0.2, -0.15) is 13.2 Å². The molecule has 1 saturated carbocycles. The minimum Gasteiger partial charge on any atom is -0.300 e. The molecular formula is C11H18F3NS. The van der Waals surface area contributed by atoms with Crippen molar-refractivity contribution < 1.29 is 13.2 Å². The highest BCUT2D eigenvalue weighted by Gasteiger charge is 2.48. The molecule has 1 aliphatic carbocycles. The van der Waals surface area contributed by atoms with Crippen LogP contribution in [0.3, 0.4) is 0 Å². The van der Waals surface area contributed by atoms with Crippen LogP contribution >= 0.6 is 11.8 Å². The highest BCUT2D eigenvalue weighted by atomic mass is 32.2. The lowest BCUT2D eigenvalue weighted by molar-refractivity contribution is -0.185. The van der Waals surface area contributed by atoms with Gasteiger partial charge < -0.3 is 5.32 Å². The van der Waals surface area contributed by atoms with Crippen LogP contribution in [0.25, 0.3) is 0 Å². The van der Waals surface area contributed by atoms with Crippen molar-refractivity contribution in [1.29, 1.82) is 0 Å². The molecule has 0 aromatic rings. The summed E-state index contributed by atoms with van der Waals surface area (Å²) in [5.74, 6) is -0.120. The molecule has 1 aliphatic heterocycles. The zero-order valence-corrected chi connectivity index (χ0v) is 10.3. The molecule has 1 nitrogen and oxygen atoms in total. The third-order valence-corrected chi connectivity index (χ3v) is 5.09. The van der Waals surface area contributed by atoms with E-state index in [0.29, 0.717) is 18.9 Å². The van der Waals surface area contributed by atoms with E-state index in [4.69, 9.17) is 0 Å². The number of hydrogen-bond acceptors (Lipinski definition) is 2.